The van der Waals surface area contributed by atoms with Crippen molar-refractivity contribution >= 4 is 0 Å². The molecule has 2 aromatic carbocycles. The molecule has 1 aliphatic heterocycles. The van der Waals surface area contributed by atoms with Crippen molar-refractivity contribution in [1.82, 2.24) is 9.47 Å². The molecule has 1 atom stereocenters. The van der Waals surface area contributed by atoms with Crippen LogP contribution in [0.1, 0.15) is 46.0 Å². The van der Waals surface area contributed by atoms with Gasteiger partial charge in [0.25, 0.3) is 0 Å². The standard InChI is InChI=1S/C24H25F3N2/c1-17-9-10-20(14-18(17)2)23-22-8-4-11-28(22)12-5-13-29(23)16-19-6-3-7-21(15-19)24(25,26)27/h3-4,6-11,14-15,23H,5,12-13,16H2,1-2H3. The number of aromatic nitrogens is 1. The van der Waals surface area contributed by atoms with Gasteiger partial charge >= 0.3 is 6.18 Å². The minimum Gasteiger partial charge on any atom is -0.350 e. The third-order valence-electron chi connectivity index (χ3n) is 5.84. The zero-order chi connectivity index (χ0) is 20.6. The van der Waals surface area contributed by atoms with E-state index in [0.29, 0.717) is 12.1 Å². The van der Waals surface area contributed by atoms with Crippen LogP contribution in [-0.4, -0.2) is 16.0 Å². The monoisotopic (exact) mass is 398 g/mol. The molecule has 0 aliphatic carbocycles. The maximum Gasteiger partial charge on any atom is 0.416 e. The van der Waals surface area contributed by atoms with E-state index in [9.17, 15) is 13.2 Å². The largest absolute Gasteiger partial charge is 0.416 e. The molecule has 0 bridgehead atoms. The van der Waals surface area contributed by atoms with Crippen molar-refractivity contribution in [1.29, 1.82) is 0 Å². The number of rotatable bonds is 3. The predicted octanol–water partition coefficient (Wildman–Crippen LogP) is 6.12. The van der Waals surface area contributed by atoms with Crippen LogP contribution < -0.4 is 0 Å². The smallest absolute Gasteiger partial charge is 0.350 e. The molecule has 0 spiro atoms. The third-order valence-corrected chi connectivity index (χ3v) is 5.84. The summed E-state index contributed by atoms with van der Waals surface area (Å²) in [4.78, 5) is 2.30. The maximum absolute atomic E-state index is 13.2. The molecule has 5 heteroatoms. The van der Waals surface area contributed by atoms with Crippen LogP contribution >= 0.6 is 0 Å². The Hall–Kier alpha value is -2.53. The van der Waals surface area contributed by atoms with Gasteiger partial charge in [0.1, 0.15) is 0 Å². The Kier molecular flexibility index (Phi) is 5.26. The second-order valence-corrected chi connectivity index (χ2v) is 7.89. The summed E-state index contributed by atoms with van der Waals surface area (Å²) >= 11 is 0. The van der Waals surface area contributed by atoms with Gasteiger partial charge in [-0.2, -0.15) is 13.2 Å². The SMILES string of the molecule is Cc1ccc(C2c3cccn3CCCN2Cc2cccc(C(F)(F)F)c2)cc1C. The minimum atomic E-state index is -4.32. The zero-order valence-electron chi connectivity index (χ0n) is 16.7. The van der Waals surface area contributed by atoms with Crippen LogP contribution in [0.5, 0.6) is 0 Å². The molecular formula is C24H25F3N2. The van der Waals surface area contributed by atoms with E-state index < -0.39 is 11.7 Å². The first-order chi connectivity index (χ1) is 13.8. The molecule has 0 fully saturated rings. The second-order valence-electron chi connectivity index (χ2n) is 7.89. The van der Waals surface area contributed by atoms with Crippen molar-refractivity contribution in [3.8, 4) is 0 Å². The summed E-state index contributed by atoms with van der Waals surface area (Å²) in [6.07, 6.45) is -1.27. The van der Waals surface area contributed by atoms with Crippen molar-refractivity contribution in [3.05, 3.63) is 94.3 Å². The van der Waals surface area contributed by atoms with Crippen LogP contribution in [0.15, 0.2) is 60.8 Å². The summed E-state index contributed by atoms with van der Waals surface area (Å²) in [5, 5.41) is 0. The van der Waals surface area contributed by atoms with Gasteiger partial charge in [-0.25, -0.2) is 0 Å². The van der Waals surface area contributed by atoms with E-state index in [2.05, 4.69) is 59.8 Å². The average molecular weight is 398 g/mol. The number of benzene rings is 2. The second kappa shape index (κ2) is 7.71. The van der Waals surface area contributed by atoms with Crippen molar-refractivity contribution in [3.63, 3.8) is 0 Å². The first kappa shape index (κ1) is 19.8. The maximum atomic E-state index is 13.2. The van der Waals surface area contributed by atoms with Gasteiger partial charge in [-0.3, -0.25) is 4.90 Å². The number of hydrogen-bond acceptors (Lipinski definition) is 1. The molecule has 2 heterocycles. The predicted molar refractivity (Wildman–Crippen MR) is 109 cm³/mol. The summed E-state index contributed by atoms with van der Waals surface area (Å²) < 4.78 is 41.8. The molecule has 0 amide bonds. The van der Waals surface area contributed by atoms with E-state index >= 15 is 0 Å². The first-order valence-corrected chi connectivity index (χ1v) is 9.95. The molecule has 2 nitrogen and oxygen atoms in total. The van der Waals surface area contributed by atoms with Gasteiger partial charge in [0, 0.05) is 31.5 Å². The number of halogens is 3. The Morgan fingerprint density at radius 2 is 1.76 bits per heavy atom. The molecule has 1 aromatic heterocycles. The Labute approximate surface area is 169 Å². The zero-order valence-corrected chi connectivity index (χ0v) is 16.7. The van der Waals surface area contributed by atoms with Crippen LogP contribution in [0, 0.1) is 13.8 Å². The van der Waals surface area contributed by atoms with Crippen LogP contribution in [0.2, 0.25) is 0 Å². The van der Waals surface area contributed by atoms with E-state index in [-0.39, 0.29) is 6.04 Å². The van der Waals surface area contributed by atoms with E-state index in [0.717, 1.165) is 25.6 Å². The van der Waals surface area contributed by atoms with E-state index in [1.54, 1.807) is 6.07 Å². The number of hydrogen-bond donors (Lipinski definition) is 0. The molecule has 0 saturated carbocycles. The Morgan fingerprint density at radius 1 is 0.931 bits per heavy atom. The van der Waals surface area contributed by atoms with Crippen molar-refractivity contribution in [2.45, 2.75) is 45.6 Å². The van der Waals surface area contributed by atoms with Crippen molar-refractivity contribution in [2.24, 2.45) is 0 Å². The molecule has 152 valence electrons. The molecule has 1 aliphatic rings. The molecular weight excluding hydrogens is 373 g/mol. The van der Waals surface area contributed by atoms with Gasteiger partial charge in [-0.05, 0) is 60.7 Å². The van der Waals surface area contributed by atoms with Gasteiger partial charge in [0.15, 0.2) is 0 Å². The Bertz CT molecular complexity index is 1000. The molecule has 0 N–H and O–H groups in total. The lowest BCUT2D eigenvalue weighted by molar-refractivity contribution is -0.137. The highest BCUT2D eigenvalue weighted by Gasteiger charge is 2.31. The highest BCUT2D eigenvalue weighted by atomic mass is 19.4. The van der Waals surface area contributed by atoms with Gasteiger partial charge in [0.2, 0.25) is 0 Å². The number of alkyl halides is 3. The minimum absolute atomic E-state index is 0.0151. The summed E-state index contributed by atoms with van der Waals surface area (Å²) in [6.45, 7) is 6.42. The van der Waals surface area contributed by atoms with Crippen LogP contribution in [0.3, 0.4) is 0 Å². The number of fused-ring (bicyclic) bond motifs is 1. The van der Waals surface area contributed by atoms with Gasteiger partial charge in [-0.15, -0.1) is 0 Å². The third kappa shape index (κ3) is 4.10. The van der Waals surface area contributed by atoms with Crippen LogP contribution in [0.25, 0.3) is 0 Å². The fourth-order valence-electron chi connectivity index (χ4n) is 4.21. The van der Waals surface area contributed by atoms with E-state index in [1.807, 2.05) is 0 Å². The lowest BCUT2D eigenvalue weighted by Crippen LogP contribution is -2.29. The lowest BCUT2D eigenvalue weighted by atomic mass is 9.97. The van der Waals surface area contributed by atoms with Gasteiger partial charge in [0.05, 0.1) is 11.6 Å². The van der Waals surface area contributed by atoms with Crippen LogP contribution in [-0.2, 0) is 19.3 Å². The van der Waals surface area contributed by atoms with Gasteiger partial charge < -0.3 is 4.57 Å². The quantitative estimate of drug-likeness (QED) is 0.516. The first-order valence-electron chi connectivity index (χ1n) is 9.95. The average Bonchev–Trinajstić information content (AvgIpc) is 3.05. The lowest BCUT2D eigenvalue weighted by Gasteiger charge is -2.31. The molecule has 29 heavy (non-hydrogen) atoms. The summed E-state index contributed by atoms with van der Waals surface area (Å²) in [7, 11) is 0. The highest BCUT2D eigenvalue weighted by Crippen LogP contribution is 2.35. The normalized spacial score (nSPS) is 17.8. The molecule has 0 saturated heterocycles. The van der Waals surface area contributed by atoms with Crippen molar-refractivity contribution in [2.75, 3.05) is 6.54 Å². The van der Waals surface area contributed by atoms with E-state index in [1.165, 1.54) is 34.5 Å². The Balaban J connectivity index is 1.73. The fourth-order valence-corrected chi connectivity index (χ4v) is 4.21. The Morgan fingerprint density at radius 3 is 2.52 bits per heavy atom. The molecule has 3 aromatic rings. The molecule has 1 unspecified atom stereocenters. The van der Waals surface area contributed by atoms with E-state index in [4.69, 9.17) is 0 Å². The highest BCUT2D eigenvalue weighted by molar-refractivity contribution is 5.36. The van der Waals surface area contributed by atoms with Crippen LogP contribution in [0.4, 0.5) is 13.2 Å². The molecule has 4 rings (SSSR count). The topological polar surface area (TPSA) is 8.17 Å². The van der Waals surface area contributed by atoms with Gasteiger partial charge in [-0.1, -0.05) is 36.4 Å². The number of aryl methyl sites for hydroxylation is 3. The van der Waals surface area contributed by atoms with Crippen molar-refractivity contribution < 1.29 is 13.2 Å². The number of nitrogens with zero attached hydrogens (tertiary/aromatic N) is 2. The molecule has 0 radical (unpaired) electrons. The summed E-state index contributed by atoms with van der Waals surface area (Å²) in [5.41, 5.74) is 4.94. The summed E-state index contributed by atoms with van der Waals surface area (Å²) in [5.74, 6) is 0. The fraction of sp³-hybridized carbons (Fsp3) is 0.333. The summed E-state index contributed by atoms with van der Waals surface area (Å²) in [6, 6.07) is 16.4.